The molecule has 1 aromatic rings. The Kier molecular flexibility index (Phi) is 6.60. The summed E-state index contributed by atoms with van der Waals surface area (Å²) in [6, 6.07) is 6.61. The normalized spacial score (nSPS) is 16.6. The maximum absolute atomic E-state index is 12.9. The van der Waals surface area contributed by atoms with Crippen LogP contribution >= 0.6 is 0 Å². The van der Waals surface area contributed by atoms with Gasteiger partial charge in [0.05, 0.1) is 17.2 Å². The van der Waals surface area contributed by atoms with Crippen molar-refractivity contribution in [2.45, 2.75) is 39.7 Å². The number of aliphatic carboxylic acids is 1. The lowest BCUT2D eigenvalue weighted by Gasteiger charge is -2.27. The van der Waals surface area contributed by atoms with Crippen LogP contribution in [0.15, 0.2) is 24.3 Å². The highest BCUT2D eigenvalue weighted by Crippen LogP contribution is 2.22. The minimum atomic E-state index is -0.886. The van der Waals surface area contributed by atoms with Crippen LogP contribution in [0.4, 0.5) is 10.5 Å². The fourth-order valence-corrected chi connectivity index (χ4v) is 3.11. The number of carbonyl (C=O) groups is 3. The average Bonchev–Trinajstić information content (AvgIpc) is 3.10. The number of anilines is 1. The predicted octanol–water partition coefficient (Wildman–Crippen LogP) is 2.89. The number of carboxylic acid groups (broad SMARTS) is 1. The summed E-state index contributed by atoms with van der Waals surface area (Å²) in [4.78, 5) is 39.7. The lowest BCUT2D eigenvalue weighted by Crippen LogP contribution is -2.38. The van der Waals surface area contributed by atoms with Crippen molar-refractivity contribution in [3.8, 4) is 0 Å². The van der Waals surface area contributed by atoms with E-state index in [-0.39, 0.29) is 24.5 Å². The van der Waals surface area contributed by atoms with Crippen LogP contribution in [0, 0.1) is 5.92 Å². The van der Waals surface area contributed by atoms with E-state index in [0.717, 1.165) is 6.42 Å². The maximum atomic E-state index is 12.9. The van der Waals surface area contributed by atoms with Gasteiger partial charge in [0.15, 0.2) is 0 Å². The van der Waals surface area contributed by atoms with Gasteiger partial charge in [-0.1, -0.05) is 19.1 Å². The molecule has 2 N–H and O–H groups in total. The fraction of sp³-hybridized carbons (Fsp3) is 0.526. The monoisotopic (exact) mass is 361 g/mol. The molecule has 7 heteroatoms. The molecule has 1 fully saturated rings. The molecule has 1 aliphatic heterocycles. The highest BCUT2D eigenvalue weighted by Gasteiger charge is 2.31. The first-order valence-electron chi connectivity index (χ1n) is 9.03. The number of amides is 3. The zero-order valence-electron chi connectivity index (χ0n) is 15.6. The highest BCUT2D eigenvalue weighted by atomic mass is 16.4. The molecular weight excluding hydrogens is 334 g/mol. The van der Waals surface area contributed by atoms with Crippen molar-refractivity contribution >= 4 is 23.6 Å². The van der Waals surface area contributed by atoms with Gasteiger partial charge in [-0.15, -0.1) is 0 Å². The van der Waals surface area contributed by atoms with Crippen LogP contribution < -0.4 is 5.32 Å². The van der Waals surface area contributed by atoms with Crippen molar-refractivity contribution in [2.24, 2.45) is 5.92 Å². The molecule has 1 saturated heterocycles. The summed E-state index contributed by atoms with van der Waals surface area (Å²) in [5, 5.41) is 11.8. The molecule has 2 rings (SSSR count). The molecule has 0 saturated carbocycles. The van der Waals surface area contributed by atoms with Gasteiger partial charge >= 0.3 is 12.0 Å². The molecule has 142 valence electrons. The van der Waals surface area contributed by atoms with E-state index in [1.54, 1.807) is 29.2 Å². The van der Waals surface area contributed by atoms with Gasteiger partial charge in [0.25, 0.3) is 5.91 Å². The third kappa shape index (κ3) is 4.53. The summed E-state index contributed by atoms with van der Waals surface area (Å²) in [7, 11) is 0. The number of benzene rings is 1. The van der Waals surface area contributed by atoms with Crippen molar-refractivity contribution in [2.75, 3.05) is 25.0 Å². The summed E-state index contributed by atoms with van der Waals surface area (Å²) in [6.07, 6.45) is 1.30. The smallest absolute Gasteiger partial charge is 0.321 e. The van der Waals surface area contributed by atoms with E-state index in [4.69, 9.17) is 5.11 Å². The summed E-state index contributed by atoms with van der Waals surface area (Å²) in [6.45, 7) is 7.17. The molecular formula is C19H27N3O4. The Morgan fingerprint density at radius 2 is 2.00 bits per heavy atom. The number of carboxylic acids is 1. The van der Waals surface area contributed by atoms with Gasteiger partial charge in [0.1, 0.15) is 0 Å². The number of urea groups is 1. The number of nitrogens with one attached hydrogen (secondary N) is 1. The Morgan fingerprint density at radius 1 is 1.31 bits per heavy atom. The van der Waals surface area contributed by atoms with E-state index in [9.17, 15) is 14.4 Å². The number of hydrogen-bond acceptors (Lipinski definition) is 3. The maximum Gasteiger partial charge on any atom is 0.321 e. The Labute approximate surface area is 154 Å². The Morgan fingerprint density at radius 3 is 2.58 bits per heavy atom. The number of likely N-dealkylation sites (tertiary alicyclic amines) is 1. The molecule has 3 amide bonds. The fourth-order valence-electron chi connectivity index (χ4n) is 3.11. The Balaban J connectivity index is 2.15. The van der Waals surface area contributed by atoms with E-state index in [1.807, 2.05) is 20.8 Å². The molecule has 0 spiro atoms. The second-order valence-corrected chi connectivity index (χ2v) is 6.84. The molecule has 1 aromatic carbocycles. The molecule has 0 aliphatic carbocycles. The topological polar surface area (TPSA) is 90.0 Å². The van der Waals surface area contributed by atoms with Gasteiger partial charge in [-0.25, -0.2) is 4.79 Å². The van der Waals surface area contributed by atoms with Gasteiger partial charge in [-0.05, 0) is 38.8 Å². The van der Waals surface area contributed by atoms with Crippen molar-refractivity contribution in [1.29, 1.82) is 0 Å². The third-order valence-electron chi connectivity index (χ3n) is 4.57. The van der Waals surface area contributed by atoms with Gasteiger partial charge in [0.2, 0.25) is 0 Å². The molecule has 1 unspecified atom stereocenters. The van der Waals surface area contributed by atoms with Crippen LogP contribution in [-0.4, -0.2) is 58.5 Å². The van der Waals surface area contributed by atoms with E-state index in [0.29, 0.717) is 30.8 Å². The zero-order valence-corrected chi connectivity index (χ0v) is 15.6. The number of para-hydroxylation sites is 1. The molecule has 1 heterocycles. The second-order valence-electron chi connectivity index (χ2n) is 6.84. The Bertz CT molecular complexity index is 675. The van der Waals surface area contributed by atoms with Crippen LogP contribution in [0.2, 0.25) is 0 Å². The van der Waals surface area contributed by atoms with Crippen molar-refractivity contribution in [1.82, 2.24) is 9.80 Å². The SMILES string of the molecule is CCCN(C(=O)c1ccccc1NC(=O)N1CCC(C(=O)O)C1)C(C)C. The minimum absolute atomic E-state index is 0.0566. The first-order valence-corrected chi connectivity index (χ1v) is 9.03. The average molecular weight is 361 g/mol. The molecule has 0 bridgehead atoms. The van der Waals surface area contributed by atoms with Crippen LogP contribution in [0.1, 0.15) is 44.0 Å². The number of hydrogen-bond donors (Lipinski definition) is 2. The number of rotatable bonds is 6. The number of nitrogens with zero attached hydrogens (tertiary/aromatic N) is 2. The van der Waals surface area contributed by atoms with Crippen LogP contribution in [-0.2, 0) is 4.79 Å². The first-order chi connectivity index (χ1) is 12.3. The summed E-state index contributed by atoms with van der Waals surface area (Å²) >= 11 is 0. The van der Waals surface area contributed by atoms with Gasteiger partial charge in [-0.2, -0.15) is 0 Å². The lowest BCUT2D eigenvalue weighted by molar-refractivity contribution is -0.141. The van der Waals surface area contributed by atoms with Gasteiger partial charge in [0, 0.05) is 25.7 Å². The summed E-state index contributed by atoms with van der Waals surface area (Å²) in [5.41, 5.74) is 0.889. The minimum Gasteiger partial charge on any atom is -0.481 e. The first kappa shape index (κ1) is 19.8. The highest BCUT2D eigenvalue weighted by molar-refractivity contribution is 6.03. The Hall–Kier alpha value is -2.57. The van der Waals surface area contributed by atoms with Gasteiger partial charge < -0.3 is 20.2 Å². The predicted molar refractivity (Wildman–Crippen MR) is 99.2 cm³/mol. The van der Waals surface area contributed by atoms with E-state index < -0.39 is 11.9 Å². The molecule has 7 nitrogen and oxygen atoms in total. The molecule has 1 aliphatic rings. The van der Waals surface area contributed by atoms with Crippen molar-refractivity contribution in [3.63, 3.8) is 0 Å². The van der Waals surface area contributed by atoms with E-state index >= 15 is 0 Å². The summed E-state index contributed by atoms with van der Waals surface area (Å²) in [5.74, 6) is -1.54. The van der Waals surface area contributed by atoms with Crippen molar-refractivity contribution < 1.29 is 19.5 Å². The van der Waals surface area contributed by atoms with Crippen LogP contribution in [0.5, 0.6) is 0 Å². The second kappa shape index (κ2) is 8.69. The summed E-state index contributed by atoms with van der Waals surface area (Å²) < 4.78 is 0. The van der Waals surface area contributed by atoms with Crippen LogP contribution in [0.25, 0.3) is 0 Å². The van der Waals surface area contributed by atoms with E-state index in [2.05, 4.69) is 5.32 Å². The van der Waals surface area contributed by atoms with Gasteiger partial charge in [-0.3, -0.25) is 9.59 Å². The molecule has 0 radical (unpaired) electrons. The molecule has 0 aromatic heterocycles. The molecule has 26 heavy (non-hydrogen) atoms. The van der Waals surface area contributed by atoms with E-state index in [1.165, 1.54) is 4.90 Å². The quantitative estimate of drug-likeness (QED) is 0.815. The third-order valence-corrected chi connectivity index (χ3v) is 4.57. The lowest BCUT2D eigenvalue weighted by atomic mass is 10.1. The molecule has 1 atom stereocenters. The number of carbonyl (C=O) groups excluding carboxylic acids is 2. The standard InChI is InChI=1S/C19H27N3O4/c1-4-10-22(13(2)3)17(23)15-7-5-6-8-16(15)20-19(26)21-11-9-14(12-21)18(24)25/h5-8,13-14H,4,9-12H2,1-3H3,(H,20,26)(H,24,25). The van der Waals surface area contributed by atoms with Crippen molar-refractivity contribution in [3.05, 3.63) is 29.8 Å². The largest absolute Gasteiger partial charge is 0.481 e. The van der Waals surface area contributed by atoms with Crippen LogP contribution in [0.3, 0.4) is 0 Å². The zero-order chi connectivity index (χ0) is 19.3.